The van der Waals surface area contributed by atoms with Gasteiger partial charge in [0.15, 0.2) is 0 Å². The molecule has 23 heavy (non-hydrogen) atoms. The number of hydrogen-bond acceptors (Lipinski definition) is 4. The smallest absolute Gasteiger partial charge is 0.410 e. The summed E-state index contributed by atoms with van der Waals surface area (Å²) in [5.41, 5.74) is 0.278. The summed E-state index contributed by atoms with van der Waals surface area (Å²) in [5.74, 6) is 0. The Morgan fingerprint density at radius 2 is 1.91 bits per heavy atom. The predicted molar refractivity (Wildman–Crippen MR) is 86.0 cm³/mol. The minimum atomic E-state index is -0.710. The Hall–Kier alpha value is -1.59. The van der Waals surface area contributed by atoms with E-state index in [4.69, 9.17) is 9.47 Å². The Balaban J connectivity index is 1.58. The molecule has 0 radical (unpaired) electrons. The summed E-state index contributed by atoms with van der Waals surface area (Å²) in [6.07, 6.45) is 3.50. The van der Waals surface area contributed by atoms with Gasteiger partial charge in [0.2, 0.25) is 0 Å². The lowest BCUT2D eigenvalue weighted by Crippen LogP contribution is -2.53. The second-order valence-corrected chi connectivity index (χ2v) is 6.71. The van der Waals surface area contributed by atoms with Crippen LogP contribution in [0.4, 0.5) is 4.79 Å². The van der Waals surface area contributed by atoms with Crippen molar-refractivity contribution in [3.8, 4) is 0 Å². The van der Waals surface area contributed by atoms with Gasteiger partial charge in [0, 0.05) is 25.8 Å². The normalized spacial score (nSPS) is 29.6. The van der Waals surface area contributed by atoms with E-state index >= 15 is 0 Å². The number of methoxy groups -OCH3 is 1. The number of ether oxygens (including phenoxy) is 2. The zero-order valence-electron chi connectivity index (χ0n) is 13.6. The first-order valence-corrected chi connectivity index (χ1v) is 8.32. The lowest BCUT2D eigenvalue weighted by molar-refractivity contribution is -0.0640. The molecular weight excluding hydrogens is 294 g/mol. The molecular formula is C18H25NO4. The first kappa shape index (κ1) is 16.3. The highest BCUT2D eigenvalue weighted by atomic mass is 16.6. The lowest BCUT2D eigenvalue weighted by Gasteiger charge is -2.43. The molecule has 1 aromatic carbocycles. The molecule has 1 aromatic rings. The number of amides is 1. The van der Waals surface area contributed by atoms with Crippen molar-refractivity contribution in [2.75, 3.05) is 13.7 Å². The van der Waals surface area contributed by atoms with E-state index in [1.807, 2.05) is 35.2 Å². The molecule has 0 saturated carbocycles. The number of benzene rings is 1. The molecule has 2 fully saturated rings. The summed E-state index contributed by atoms with van der Waals surface area (Å²) in [7, 11) is 1.65. The molecule has 1 N–H and O–H groups in total. The molecule has 5 nitrogen and oxygen atoms in total. The molecule has 2 aliphatic rings. The van der Waals surface area contributed by atoms with Gasteiger partial charge in [-0.3, -0.25) is 0 Å². The van der Waals surface area contributed by atoms with Gasteiger partial charge in [0.25, 0.3) is 0 Å². The van der Waals surface area contributed by atoms with Gasteiger partial charge < -0.3 is 19.5 Å². The number of piperidine rings is 1. The van der Waals surface area contributed by atoms with Crippen LogP contribution in [0.5, 0.6) is 0 Å². The van der Waals surface area contributed by atoms with Gasteiger partial charge >= 0.3 is 6.09 Å². The maximum absolute atomic E-state index is 12.5. The Morgan fingerprint density at radius 3 is 2.52 bits per heavy atom. The van der Waals surface area contributed by atoms with Crippen LogP contribution < -0.4 is 0 Å². The summed E-state index contributed by atoms with van der Waals surface area (Å²) in [6.45, 7) is 0.845. The van der Waals surface area contributed by atoms with Crippen LogP contribution in [0.25, 0.3) is 0 Å². The predicted octanol–water partition coefficient (Wildman–Crippen LogP) is 2.72. The van der Waals surface area contributed by atoms with Crippen molar-refractivity contribution in [3.05, 3.63) is 35.9 Å². The highest BCUT2D eigenvalue weighted by Crippen LogP contribution is 2.42. The second-order valence-electron chi connectivity index (χ2n) is 6.71. The van der Waals surface area contributed by atoms with E-state index in [9.17, 15) is 9.90 Å². The first-order chi connectivity index (χ1) is 11.1. The first-order valence-electron chi connectivity index (χ1n) is 8.32. The largest absolute Gasteiger partial charge is 0.445 e. The molecule has 2 bridgehead atoms. The summed E-state index contributed by atoms with van der Waals surface area (Å²) >= 11 is 0. The minimum absolute atomic E-state index is 0.0823. The van der Waals surface area contributed by atoms with Crippen molar-refractivity contribution in [1.29, 1.82) is 0 Å². The fraction of sp³-hybridized carbons (Fsp3) is 0.611. The third-order valence-corrected chi connectivity index (χ3v) is 5.04. The molecule has 1 amide bonds. The average molecular weight is 319 g/mol. The van der Waals surface area contributed by atoms with Crippen LogP contribution in [0.1, 0.15) is 37.7 Å². The fourth-order valence-corrected chi connectivity index (χ4v) is 3.91. The summed E-state index contributed by atoms with van der Waals surface area (Å²) in [6, 6.07) is 9.87. The Bertz CT molecular complexity index is 519. The van der Waals surface area contributed by atoms with Gasteiger partial charge in [0.1, 0.15) is 6.61 Å². The van der Waals surface area contributed by atoms with E-state index in [-0.39, 0.29) is 18.2 Å². The fourth-order valence-electron chi connectivity index (χ4n) is 3.91. The number of rotatable bonds is 5. The Labute approximate surface area is 137 Å². The summed E-state index contributed by atoms with van der Waals surface area (Å²) in [5, 5.41) is 10.7. The van der Waals surface area contributed by atoms with Crippen molar-refractivity contribution in [2.24, 2.45) is 0 Å². The van der Waals surface area contributed by atoms with Crippen LogP contribution in [-0.4, -0.2) is 47.5 Å². The van der Waals surface area contributed by atoms with Crippen molar-refractivity contribution in [3.63, 3.8) is 0 Å². The molecule has 0 spiro atoms. The van der Waals surface area contributed by atoms with Crippen LogP contribution in [0, 0.1) is 0 Å². The Kier molecular flexibility index (Phi) is 4.87. The quantitative estimate of drug-likeness (QED) is 0.906. The van der Waals surface area contributed by atoms with Gasteiger partial charge in [-0.15, -0.1) is 0 Å². The van der Waals surface area contributed by atoms with Crippen molar-refractivity contribution in [2.45, 2.75) is 56.4 Å². The number of carbonyl (C=O) groups is 1. The zero-order valence-corrected chi connectivity index (χ0v) is 13.6. The topological polar surface area (TPSA) is 59.0 Å². The number of carbonyl (C=O) groups excluding carboxylic acids is 1. The van der Waals surface area contributed by atoms with E-state index in [0.717, 1.165) is 18.4 Å². The molecule has 2 saturated heterocycles. The van der Waals surface area contributed by atoms with Crippen LogP contribution in [0.15, 0.2) is 30.3 Å². The molecule has 2 unspecified atom stereocenters. The van der Waals surface area contributed by atoms with Gasteiger partial charge in [-0.1, -0.05) is 30.3 Å². The molecule has 5 heteroatoms. The summed E-state index contributed by atoms with van der Waals surface area (Å²) in [4.78, 5) is 14.3. The number of fused-ring (bicyclic) bond motifs is 2. The van der Waals surface area contributed by atoms with Gasteiger partial charge in [-0.25, -0.2) is 4.79 Å². The monoisotopic (exact) mass is 319 g/mol. The molecule has 0 aromatic heterocycles. The molecule has 2 atom stereocenters. The van der Waals surface area contributed by atoms with Crippen LogP contribution in [-0.2, 0) is 16.1 Å². The van der Waals surface area contributed by atoms with Crippen LogP contribution in [0.2, 0.25) is 0 Å². The number of aliphatic hydroxyl groups is 1. The Morgan fingerprint density at radius 1 is 1.26 bits per heavy atom. The maximum atomic E-state index is 12.5. The zero-order chi connectivity index (χ0) is 16.3. The second kappa shape index (κ2) is 6.89. The van der Waals surface area contributed by atoms with Crippen LogP contribution in [0.3, 0.4) is 0 Å². The summed E-state index contributed by atoms with van der Waals surface area (Å²) < 4.78 is 10.6. The van der Waals surface area contributed by atoms with Gasteiger partial charge in [-0.05, 0) is 37.7 Å². The van der Waals surface area contributed by atoms with Gasteiger partial charge in [0.05, 0.1) is 5.60 Å². The molecule has 0 aliphatic carbocycles. The van der Waals surface area contributed by atoms with E-state index < -0.39 is 5.60 Å². The van der Waals surface area contributed by atoms with E-state index in [2.05, 4.69) is 0 Å². The SMILES string of the molecule is COCCC1(O)CC2CCC(C1)N2C(=O)OCc1ccccc1. The van der Waals surface area contributed by atoms with E-state index in [0.29, 0.717) is 32.5 Å². The van der Waals surface area contributed by atoms with E-state index in [1.54, 1.807) is 7.11 Å². The highest BCUT2D eigenvalue weighted by Gasteiger charge is 2.49. The minimum Gasteiger partial charge on any atom is -0.445 e. The third kappa shape index (κ3) is 3.67. The van der Waals surface area contributed by atoms with Crippen molar-refractivity contribution in [1.82, 2.24) is 4.90 Å². The lowest BCUT2D eigenvalue weighted by atomic mass is 9.84. The van der Waals surface area contributed by atoms with Crippen molar-refractivity contribution < 1.29 is 19.4 Å². The third-order valence-electron chi connectivity index (χ3n) is 5.04. The average Bonchev–Trinajstić information content (AvgIpc) is 2.84. The molecule has 126 valence electrons. The number of nitrogens with zero attached hydrogens (tertiary/aromatic N) is 1. The van der Waals surface area contributed by atoms with Gasteiger partial charge in [-0.2, -0.15) is 0 Å². The molecule has 2 aliphatic heterocycles. The van der Waals surface area contributed by atoms with E-state index in [1.165, 1.54) is 0 Å². The van der Waals surface area contributed by atoms with Crippen molar-refractivity contribution >= 4 is 6.09 Å². The van der Waals surface area contributed by atoms with Crippen LogP contribution >= 0.6 is 0 Å². The molecule has 3 rings (SSSR count). The highest BCUT2D eigenvalue weighted by molar-refractivity contribution is 5.69. The number of hydrogen-bond donors (Lipinski definition) is 1. The standard InChI is InChI=1S/C18H25NO4/c1-22-10-9-18(21)11-15-7-8-16(12-18)19(15)17(20)23-13-14-5-3-2-4-6-14/h2-6,15-16,21H,7-13H2,1H3. The maximum Gasteiger partial charge on any atom is 0.410 e. The molecule has 2 heterocycles.